The van der Waals surface area contributed by atoms with Crippen LogP contribution < -0.4 is 9.64 Å². The highest BCUT2D eigenvalue weighted by Crippen LogP contribution is 2.43. The van der Waals surface area contributed by atoms with Crippen molar-refractivity contribution < 1.29 is 29.3 Å². The van der Waals surface area contributed by atoms with Gasteiger partial charge >= 0.3 is 5.97 Å². The average Bonchev–Trinajstić information content (AvgIpc) is 3.15. The van der Waals surface area contributed by atoms with Crippen LogP contribution in [0.1, 0.15) is 42.1 Å². The summed E-state index contributed by atoms with van der Waals surface area (Å²) >= 11 is 6.39. The number of carbonyl (C=O) groups is 3. The molecule has 0 radical (unpaired) electrons. The number of amides is 1. The Bertz CT molecular complexity index is 1380. The van der Waals surface area contributed by atoms with Gasteiger partial charge in [-0.1, -0.05) is 54.9 Å². The molecule has 3 aromatic rings. The van der Waals surface area contributed by atoms with Gasteiger partial charge in [0, 0.05) is 11.3 Å². The Hall–Kier alpha value is -4.10. The minimum Gasteiger partial charge on any atom is -0.507 e. The largest absolute Gasteiger partial charge is 0.507 e. The lowest BCUT2D eigenvalue weighted by Gasteiger charge is -2.26. The molecule has 3 aromatic carbocycles. The summed E-state index contributed by atoms with van der Waals surface area (Å²) in [5.41, 5.74) is 2.73. The van der Waals surface area contributed by atoms with Crippen molar-refractivity contribution in [3.63, 3.8) is 0 Å². The predicted molar refractivity (Wildman–Crippen MR) is 141 cm³/mol. The molecule has 1 heterocycles. The Morgan fingerprint density at radius 2 is 1.59 bits per heavy atom. The van der Waals surface area contributed by atoms with E-state index in [-0.39, 0.29) is 22.6 Å². The van der Waals surface area contributed by atoms with Gasteiger partial charge in [0.1, 0.15) is 11.5 Å². The molecular formula is C29H26ClNO6. The van der Waals surface area contributed by atoms with E-state index in [9.17, 15) is 19.5 Å². The molecule has 4 rings (SSSR count). The first-order valence-electron chi connectivity index (χ1n) is 11.9. The molecule has 0 spiro atoms. The van der Waals surface area contributed by atoms with Gasteiger partial charge < -0.3 is 14.9 Å². The Morgan fingerprint density at radius 1 is 0.946 bits per heavy atom. The van der Waals surface area contributed by atoms with Gasteiger partial charge in [0.25, 0.3) is 11.7 Å². The number of Topliss-reactive ketones (excluding diaryl/α,β-unsaturated/α-hetero) is 1. The zero-order valence-electron chi connectivity index (χ0n) is 20.4. The fourth-order valence-electron chi connectivity index (χ4n) is 4.39. The summed E-state index contributed by atoms with van der Waals surface area (Å²) in [5.74, 6) is -2.58. The van der Waals surface area contributed by atoms with Crippen LogP contribution in [0.4, 0.5) is 5.69 Å². The van der Waals surface area contributed by atoms with Crippen LogP contribution in [0.3, 0.4) is 0 Å². The number of anilines is 1. The van der Waals surface area contributed by atoms with Gasteiger partial charge in [0.15, 0.2) is 0 Å². The van der Waals surface area contributed by atoms with Crippen molar-refractivity contribution in [3.05, 3.63) is 99.6 Å². The molecule has 1 amide bonds. The molecule has 8 heteroatoms. The second-order valence-electron chi connectivity index (χ2n) is 8.58. The molecule has 1 saturated heterocycles. The zero-order chi connectivity index (χ0) is 26.7. The van der Waals surface area contributed by atoms with E-state index in [0.29, 0.717) is 29.2 Å². The topological polar surface area (TPSA) is 104 Å². The number of ether oxygens (including phenoxy) is 1. The van der Waals surface area contributed by atoms with Crippen molar-refractivity contribution in [2.45, 2.75) is 32.7 Å². The minimum absolute atomic E-state index is 0.0978. The summed E-state index contributed by atoms with van der Waals surface area (Å²) in [4.78, 5) is 39.1. The van der Waals surface area contributed by atoms with Gasteiger partial charge in [-0.05, 0) is 60.4 Å². The third-order valence-electron chi connectivity index (χ3n) is 6.22. The van der Waals surface area contributed by atoms with Crippen LogP contribution >= 0.6 is 11.6 Å². The average molecular weight is 520 g/mol. The fourth-order valence-corrected chi connectivity index (χ4v) is 4.59. The van der Waals surface area contributed by atoms with Crippen molar-refractivity contribution >= 4 is 40.7 Å². The van der Waals surface area contributed by atoms with E-state index in [4.69, 9.17) is 21.4 Å². The number of aliphatic carboxylic acids is 1. The first kappa shape index (κ1) is 26.0. The summed E-state index contributed by atoms with van der Waals surface area (Å²) < 4.78 is 5.53. The van der Waals surface area contributed by atoms with Crippen LogP contribution in [0.25, 0.3) is 5.76 Å². The Morgan fingerprint density at radius 3 is 2.19 bits per heavy atom. The number of hydrogen-bond donors (Lipinski definition) is 2. The molecule has 37 heavy (non-hydrogen) atoms. The summed E-state index contributed by atoms with van der Waals surface area (Å²) in [7, 11) is 0. The molecule has 1 unspecified atom stereocenters. The van der Waals surface area contributed by atoms with Crippen LogP contribution in [-0.2, 0) is 27.2 Å². The summed E-state index contributed by atoms with van der Waals surface area (Å²) in [6.45, 7) is 4.24. The van der Waals surface area contributed by atoms with Crippen molar-refractivity contribution in [2.75, 3.05) is 11.5 Å². The zero-order valence-corrected chi connectivity index (χ0v) is 21.2. The second-order valence-corrected chi connectivity index (χ2v) is 8.98. The summed E-state index contributed by atoms with van der Waals surface area (Å²) in [5, 5.41) is 20.7. The van der Waals surface area contributed by atoms with Crippen LogP contribution in [0.2, 0.25) is 5.02 Å². The molecule has 2 N–H and O–H groups in total. The lowest BCUT2D eigenvalue weighted by atomic mass is 9.94. The third kappa shape index (κ3) is 5.22. The maximum atomic E-state index is 13.4. The molecule has 1 aliphatic rings. The van der Waals surface area contributed by atoms with Crippen LogP contribution in [-0.4, -0.2) is 34.5 Å². The number of benzene rings is 3. The van der Waals surface area contributed by atoms with E-state index in [2.05, 4.69) is 0 Å². The first-order valence-corrected chi connectivity index (χ1v) is 12.3. The van der Waals surface area contributed by atoms with Crippen LogP contribution in [0.15, 0.2) is 72.3 Å². The van der Waals surface area contributed by atoms with Crippen molar-refractivity contribution in [3.8, 4) is 5.75 Å². The Labute approximate surface area is 219 Å². The molecule has 0 saturated carbocycles. The van der Waals surface area contributed by atoms with Gasteiger partial charge in [-0.3, -0.25) is 19.3 Å². The van der Waals surface area contributed by atoms with E-state index >= 15 is 0 Å². The molecule has 0 bridgehead atoms. The molecule has 1 aliphatic heterocycles. The van der Waals surface area contributed by atoms with Crippen LogP contribution in [0, 0.1) is 0 Å². The number of carboxylic acid groups (broad SMARTS) is 1. The number of halogens is 1. The number of aliphatic hydroxyl groups excluding tert-OH is 1. The number of rotatable bonds is 8. The van der Waals surface area contributed by atoms with Gasteiger partial charge in [0.05, 0.1) is 29.7 Å². The van der Waals surface area contributed by atoms with E-state index in [1.165, 1.54) is 11.0 Å². The SMILES string of the molecule is CCOc1ccc(Cl)c(/C(O)=C2\C(=O)C(=O)N(c3ccc(CC(=O)O)cc3)C2c2ccc(CC)cc2)c1. The van der Waals surface area contributed by atoms with Gasteiger partial charge in [-0.15, -0.1) is 0 Å². The number of nitrogens with zero attached hydrogens (tertiary/aromatic N) is 1. The maximum Gasteiger partial charge on any atom is 0.307 e. The lowest BCUT2D eigenvalue weighted by Crippen LogP contribution is -2.29. The van der Waals surface area contributed by atoms with Gasteiger partial charge in [-0.25, -0.2) is 0 Å². The number of ketones is 1. The van der Waals surface area contributed by atoms with E-state index in [0.717, 1.165) is 12.0 Å². The molecule has 1 atom stereocenters. The molecule has 1 fully saturated rings. The Balaban J connectivity index is 1.89. The third-order valence-corrected chi connectivity index (χ3v) is 6.55. The second kappa shape index (κ2) is 10.9. The van der Waals surface area contributed by atoms with Crippen molar-refractivity contribution in [1.82, 2.24) is 0 Å². The summed E-state index contributed by atoms with van der Waals surface area (Å²) in [6.07, 6.45) is 0.640. The molecule has 190 valence electrons. The smallest absolute Gasteiger partial charge is 0.307 e. The molecule has 0 aromatic heterocycles. The standard InChI is InChI=1S/C29H26ClNO6/c1-3-17-5-9-19(10-6-17)26-25(27(34)22-16-21(37-4-2)13-14-23(22)30)28(35)29(36)31(26)20-11-7-18(8-12-20)15-24(32)33/h5-14,16,26,34H,3-4,15H2,1-2H3,(H,32,33)/b27-25+. The first-order chi connectivity index (χ1) is 17.7. The normalized spacial score (nSPS) is 16.7. The lowest BCUT2D eigenvalue weighted by molar-refractivity contribution is -0.136. The highest BCUT2D eigenvalue weighted by molar-refractivity contribution is 6.52. The highest BCUT2D eigenvalue weighted by Gasteiger charge is 2.47. The number of aryl methyl sites for hydroxylation is 1. The quantitative estimate of drug-likeness (QED) is 0.229. The van der Waals surface area contributed by atoms with Crippen molar-refractivity contribution in [1.29, 1.82) is 0 Å². The number of carbonyl (C=O) groups excluding carboxylic acids is 2. The number of aliphatic hydroxyl groups is 1. The number of carboxylic acids is 1. The van der Waals surface area contributed by atoms with Crippen molar-refractivity contribution in [2.24, 2.45) is 0 Å². The van der Waals surface area contributed by atoms with E-state index < -0.39 is 29.5 Å². The van der Waals surface area contributed by atoms with Gasteiger partial charge in [-0.2, -0.15) is 0 Å². The van der Waals surface area contributed by atoms with Gasteiger partial charge in [0.2, 0.25) is 0 Å². The maximum absolute atomic E-state index is 13.4. The highest BCUT2D eigenvalue weighted by atomic mass is 35.5. The fraction of sp³-hybridized carbons (Fsp3) is 0.207. The van der Waals surface area contributed by atoms with E-state index in [1.54, 1.807) is 36.4 Å². The molecular weight excluding hydrogens is 494 g/mol. The molecule has 0 aliphatic carbocycles. The van der Waals surface area contributed by atoms with E-state index in [1.807, 2.05) is 38.1 Å². The summed E-state index contributed by atoms with van der Waals surface area (Å²) in [6, 6.07) is 17.7. The number of hydrogen-bond acceptors (Lipinski definition) is 5. The monoisotopic (exact) mass is 519 g/mol. The molecule has 7 nitrogen and oxygen atoms in total. The Kier molecular flexibility index (Phi) is 7.64. The van der Waals surface area contributed by atoms with Crippen LogP contribution in [0.5, 0.6) is 5.75 Å². The predicted octanol–water partition coefficient (Wildman–Crippen LogP) is 5.55. The minimum atomic E-state index is -0.977.